The van der Waals surface area contributed by atoms with Crippen LogP contribution in [0, 0.1) is 0 Å². The fraction of sp³-hybridized carbons (Fsp3) is 0. The van der Waals surface area contributed by atoms with Gasteiger partial charge in [-0.3, -0.25) is 4.98 Å². The van der Waals surface area contributed by atoms with Gasteiger partial charge in [-0.15, -0.1) is 0 Å². The number of anilines is 1. The number of aromatic nitrogens is 2. The molecule has 0 saturated carbocycles. The van der Waals surface area contributed by atoms with E-state index in [0.717, 1.165) is 5.56 Å². The zero-order chi connectivity index (χ0) is 11.1. The molecule has 80 valence electrons. The highest BCUT2D eigenvalue weighted by Crippen LogP contribution is 2.23. The summed E-state index contributed by atoms with van der Waals surface area (Å²) in [4.78, 5) is 13.5. The maximum absolute atomic E-state index is 11.0. The van der Waals surface area contributed by atoms with Gasteiger partial charge >= 0.3 is 5.76 Å². The number of H-pyrrole nitrogens is 1. The van der Waals surface area contributed by atoms with Crippen molar-refractivity contribution in [2.45, 2.75) is 0 Å². The standard InChI is InChI=1S/C10H7N3O3/c11-9-4-7(13-16-9)5-1-2-6-8(3-5)15-10(14)12-6/h1-4H,11H2,(H,12,14). The number of nitrogens with zero attached hydrogens (tertiary/aromatic N) is 1. The molecule has 6 nitrogen and oxygen atoms in total. The molecule has 0 aliphatic carbocycles. The SMILES string of the molecule is Nc1cc(-c2ccc3[nH]c(=O)oc3c2)no1. The molecule has 3 N–H and O–H groups in total. The van der Waals surface area contributed by atoms with Crippen LogP contribution in [0.1, 0.15) is 0 Å². The van der Waals surface area contributed by atoms with Gasteiger partial charge in [-0.25, -0.2) is 4.79 Å². The van der Waals surface area contributed by atoms with E-state index in [2.05, 4.69) is 10.1 Å². The second-order valence-corrected chi connectivity index (χ2v) is 3.34. The first-order chi connectivity index (χ1) is 7.72. The summed E-state index contributed by atoms with van der Waals surface area (Å²) in [7, 11) is 0. The van der Waals surface area contributed by atoms with Crippen LogP contribution in [0.15, 0.2) is 38.0 Å². The Morgan fingerprint density at radius 2 is 2.19 bits per heavy atom. The largest absolute Gasteiger partial charge is 0.417 e. The Morgan fingerprint density at radius 3 is 2.94 bits per heavy atom. The van der Waals surface area contributed by atoms with Crippen LogP contribution in [0.4, 0.5) is 5.88 Å². The van der Waals surface area contributed by atoms with Gasteiger partial charge in [0, 0.05) is 11.6 Å². The van der Waals surface area contributed by atoms with Crippen molar-refractivity contribution in [1.29, 1.82) is 0 Å². The van der Waals surface area contributed by atoms with E-state index in [0.29, 0.717) is 16.8 Å². The Hall–Kier alpha value is -2.50. The number of oxazole rings is 1. The van der Waals surface area contributed by atoms with Crippen molar-refractivity contribution in [1.82, 2.24) is 10.1 Å². The van der Waals surface area contributed by atoms with Gasteiger partial charge in [-0.2, -0.15) is 0 Å². The number of nitrogen functional groups attached to an aromatic ring is 1. The molecule has 0 fully saturated rings. The number of benzene rings is 1. The third-order valence-corrected chi connectivity index (χ3v) is 2.25. The van der Waals surface area contributed by atoms with Gasteiger partial charge in [0.15, 0.2) is 5.58 Å². The molecule has 0 spiro atoms. The maximum Gasteiger partial charge on any atom is 0.417 e. The second kappa shape index (κ2) is 2.99. The van der Waals surface area contributed by atoms with Crippen LogP contribution in [0.2, 0.25) is 0 Å². The summed E-state index contributed by atoms with van der Waals surface area (Å²) >= 11 is 0. The highest BCUT2D eigenvalue weighted by atomic mass is 16.5. The summed E-state index contributed by atoms with van der Waals surface area (Å²) in [6.45, 7) is 0. The molecule has 0 atom stereocenters. The van der Waals surface area contributed by atoms with Crippen molar-refractivity contribution < 1.29 is 8.94 Å². The van der Waals surface area contributed by atoms with Crippen LogP contribution < -0.4 is 11.5 Å². The van der Waals surface area contributed by atoms with E-state index in [1.54, 1.807) is 24.3 Å². The summed E-state index contributed by atoms with van der Waals surface area (Å²) in [6.07, 6.45) is 0. The smallest absolute Gasteiger partial charge is 0.408 e. The molecule has 2 aromatic heterocycles. The topological polar surface area (TPSA) is 98.1 Å². The molecule has 2 heterocycles. The molecular weight excluding hydrogens is 210 g/mol. The fourth-order valence-electron chi connectivity index (χ4n) is 1.53. The lowest BCUT2D eigenvalue weighted by Crippen LogP contribution is -1.92. The first kappa shape index (κ1) is 8.78. The summed E-state index contributed by atoms with van der Waals surface area (Å²) < 4.78 is 9.70. The summed E-state index contributed by atoms with van der Waals surface area (Å²) in [5.41, 5.74) is 7.92. The van der Waals surface area contributed by atoms with Gasteiger partial charge in [-0.1, -0.05) is 11.2 Å². The van der Waals surface area contributed by atoms with Crippen LogP contribution in [-0.4, -0.2) is 10.1 Å². The quantitative estimate of drug-likeness (QED) is 0.641. The van der Waals surface area contributed by atoms with Gasteiger partial charge < -0.3 is 14.7 Å². The number of aromatic amines is 1. The number of fused-ring (bicyclic) bond motifs is 1. The van der Waals surface area contributed by atoms with E-state index < -0.39 is 5.76 Å². The van der Waals surface area contributed by atoms with E-state index in [9.17, 15) is 4.79 Å². The number of nitrogens with two attached hydrogens (primary N) is 1. The Bertz CT molecular complexity index is 707. The fourth-order valence-corrected chi connectivity index (χ4v) is 1.53. The lowest BCUT2D eigenvalue weighted by atomic mass is 10.1. The summed E-state index contributed by atoms with van der Waals surface area (Å²) in [5, 5.41) is 3.77. The van der Waals surface area contributed by atoms with Gasteiger partial charge in [0.25, 0.3) is 0 Å². The molecular formula is C10H7N3O3. The first-order valence-electron chi connectivity index (χ1n) is 4.58. The Morgan fingerprint density at radius 1 is 1.31 bits per heavy atom. The predicted octanol–water partition coefficient (Wildman–Crippen LogP) is 1.36. The molecule has 0 bridgehead atoms. The first-order valence-corrected chi connectivity index (χ1v) is 4.58. The van der Waals surface area contributed by atoms with Crippen LogP contribution >= 0.6 is 0 Å². The molecule has 0 aliphatic rings. The monoisotopic (exact) mass is 217 g/mol. The molecule has 1 aromatic carbocycles. The predicted molar refractivity (Wildman–Crippen MR) is 56.7 cm³/mol. The van der Waals surface area contributed by atoms with E-state index in [1.165, 1.54) is 0 Å². The molecule has 0 saturated heterocycles. The van der Waals surface area contributed by atoms with Gasteiger partial charge in [0.05, 0.1) is 5.52 Å². The number of hydrogen-bond donors (Lipinski definition) is 2. The number of nitrogens with one attached hydrogen (secondary N) is 1. The van der Waals surface area contributed by atoms with Crippen LogP contribution in [0.25, 0.3) is 22.4 Å². The maximum atomic E-state index is 11.0. The average Bonchev–Trinajstić information content (AvgIpc) is 2.81. The number of rotatable bonds is 1. The average molecular weight is 217 g/mol. The van der Waals surface area contributed by atoms with Crippen LogP contribution in [0.5, 0.6) is 0 Å². The van der Waals surface area contributed by atoms with Crippen LogP contribution in [-0.2, 0) is 0 Å². The Labute approximate surface area is 88.7 Å². The molecule has 3 rings (SSSR count). The van der Waals surface area contributed by atoms with Gasteiger partial charge in [-0.05, 0) is 12.1 Å². The molecule has 3 aromatic rings. The van der Waals surface area contributed by atoms with E-state index >= 15 is 0 Å². The second-order valence-electron chi connectivity index (χ2n) is 3.34. The highest BCUT2D eigenvalue weighted by molar-refractivity contribution is 5.79. The molecule has 0 aliphatic heterocycles. The lowest BCUT2D eigenvalue weighted by Gasteiger charge is -1.93. The third-order valence-electron chi connectivity index (χ3n) is 2.25. The lowest BCUT2D eigenvalue weighted by molar-refractivity contribution is 0.439. The van der Waals surface area contributed by atoms with Crippen molar-refractivity contribution >= 4 is 17.0 Å². The minimum absolute atomic E-state index is 0.241. The van der Waals surface area contributed by atoms with Crippen molar-refractivity contribution in [2.24, 2.45) is 0 Å². The van der Waals surface area contributed by atoms with Crippen LogP contribution in [0.3, 0.4) is 0 Å². The van der Waals surface area contributed by atoms with Crippen molar-refractivity contribution in [2.75, 3.05) is 5.73 Å². The Balaban J connectivity index is 2.21. The molecule has 16 heavy (non-hydrogen) atoms. The number of hydrogen-bond acceptors (Lipinski definition) is 5. The van der Waals surface area contributed by atoms with E-state index in [-0.39, 0.29) is 5.88 Å². The molecule has 0 unspecified atom stereocenters. The van der Waals surface area contributed by atoms with Crippen molar-refractivity contribution in [3.05, 3.63) is 34.8 Å². The van der Waals surface area contributed by atoms with Gasteiger partial charge in [0.2, 0.25) is 5.88 Å². The van der Waals surface area contributed by atoms with Crippen molar-refractivity contribution in [3.63, 3.8) is 0 Å². The van der Waals surface area contributed by atoms with Crippen molar-refractivity contribution in [3.8, 4) is 11.3 Å². The van der Waals surface area contributed by atoms with E-state index in [4.69, 9.17) is 14.7 Å². The zero-order valence-corrected chi connectivity index (χ0v) is 8.06. The molecule has 0 amide bonds. The van der Waals surface area contributed by atoms with E-state index in [1.807, 2.05) is 0 Å². The Kier molecular flexibility index (Phi) is 1.64. The van der Waals surface area contributed by atoms with Gasteiger partial charge in [0.1, 0.15) is 5.69 Å². The summed E-state index contributed by atoms with van der Waals surface area (Å²) in [6, 6.07) is 6.84. The normalized spacial score (nSPS) is 11.0. The third kappa shape index (κ3) is 1.28. The molecule has 6 heteroatoms. The zero-order valence-electron chi connectivity index (χ0n) is 8.06. The highest BCUT2D eigenvalue weighted by Gasteiger charge is 2.07. The summed E-state index contributed by atoms with van der Waals surface area (Å²) in [5.74, 6) is -0.238. The minimum Gasteiger partial charge on any atom is -0.408 e. The molecule has 0 radical (unpaired) electrons. The minimum atomic E-state index is -0.480.